The number of nitrogens with zero attached hydrogens (tertiary/aromatic N) is 2. The molecule has 1 fully saturated rings. The maximum absolute atomic E-state index is 12.8. The first-order chi connectivity index (χ1) is 11.8. The quantitative estimate of drug-likeness (QED) is 0.802. The van der Waals surface area contributed by atoms with Gasteiger partial charge >= 0.3 is 5.97 Å². The van der Waals surface area contributed by atoms with Gasteiger partial charge in [0.15, 0.2) is 0 Å². The van der Waals surface area contributed by atoms with Crippen molar-refractivity contribution in [2.24, 2.45) is 0 Å². The van der Waals surface area contributed by atoms with E-state index in [0.29, 0.717) is 37.4 Å². The van der Waals surface area contributed by atoms with Gasteiger partial charge in [0.05, 0.1) is 18.8 Å². The minimum atomic E-state index is -0.975. The van der Waals surface area contributed by atoms with Gasteiger partial charge in [-0.25, -0.2) is 4.79 Å². The van der Waals surface area contributed by atoms with Crippen molar-refractivity contribution >= 4 is 11.9 Å². The Kier molecular flexibility index (Phi) is 5.18. The van der Waals surface area contributed by atoms with Gasteiger partial charge < -0.3 is 14.4 Å². The summed E-state index contributed by atoms with van der Waals surface area (Å²) in [6.07, 6.45) is 2.02. The largest absolute Gasteiger partial charge is 0.444 e. The first-order valence-electron chi connectivity index (χ1n) is 7.78. The second-order valence-corrected chi connectivity index (χ2v) is 5.38. The minimum Gasteiger partial charge on any atom is -0.444 e. The molecule has 0 unspecified atom stereocenters. The summed E-state index contributed by atoms with van der Waals surface area (Å²) in [4.78, 5) is 30.8. The van der Waals surface area contributed by atoms with Crippen molar-refractivity contribution < 1.29 is 19.1 Å². The van der Waals surface area contributed by atoms with Gasteiger partial charge in [0.1, 0.15) is 0 Å². The molecule has 1 saturated heterocycles. The fraction of sp³-hybridized carbons (Fsp3) is 0.278. The number of hydrogen-bond acceptors (Lipinski definition) is 5. The number of aromatic nitrogens is 1. The van der Waals surface area contributed by atoms with E-state index in [2.05, 4.69) is 4.98 Å². The molecular formula is C18H18N2O4. The Morgan fingerprint density at radius 3 is 2.50 bits per heavy atom. The SMILES string of the molecule is O=C(O[C@@H](C(=O)N1CCOCC1)c1ccccc1)c1cccnc1. The Balaban J connectivity index is 1.82. The zero-order valence-corrected chi connectivity index (χ0v) is 13.1. The molecule has 1 aliphatic heterocycles. The van der Waals surface area contributed by atoms with E-state index in [1.807, 2.05) is 18.2 Å². The third kappa shape index (κ3) is 3.78. The number of carbonyl (C=O) groups is 2. The van der Waals surface area contributed by atoms with Crippen molar-refractivity contribution in [2.45, 2.75) is 6.10 Å². The zero-order valence-electron chi connectivity index (χ0n) is 13.1. The van der Waals surface area contributed by atoms with Gasteiger partial charge in [-0.2, -0.15) is 0 Å². The van der Waals surface area contributed by atoms with Crippen molar-refractivity contribution in [1.29, 1.82) is 0 Å². The van der Waals surface area contributed by atoms with E-state index in [4.69, 9.17) is 9.47 Å². The van der Waals surface area contributed by atoms with Gasteiger partial charge in [-0.15, -0.1) is 0 Å². The predicted octanol–water partition coefficient (Wildman–Crippen LogP) is 1.84. The van der Waals surface area contributed by atoms with Crippen molar-refractivity contribution in [1.82, 2.24) is 9.88 Å². The van der Waals surface area contributed by atoms with Gasteiger partial charge in [0.2, 0.25) is 6.10 Å². The highest BCUT2D eigenvalue weighted by atomic mass is 16.5. The van der Waals surface area contributed by atoms with Crippen LogP contribution in [0.2, 0.25) is 0 Å². The lowest BCUT2D eigenvalue weighted by Gasteiger charge is -2.30. The summed E-state index contributed by atoms with van der Waals surface area (Å²) in [5.41, 5.74) is 0.958. The van der Waals surface area contributed by atoms with Gasteiger partial charge in [-0.1, -0.05) is 30.3 Å². The monoisotopic (exact) mass is 326 g/mol. The van der Waals surface area contributed by atoms with Crippen LogP contribution in [0.15, 0.2) is 54.9 Å². The average Bonchev–Trinajstić information content (AvgIpc) is 2.67. The highest BCUT2D eigenvalue weighted by Gasteiger charge is 2.30. The molecule has 6 nitrogen and oxygen atoms in total. The number of ether oxygens (including phenoxy) is 2. The summed E-state index contributed by atoms with van der Waals surface area (Å²) >= 11 is 0. The van der Waals surface area contributed by atoms with Crippen LogP contribution in [-0.2, 0) is 14.3 Å². The van der Waals surface area contributed by atoms with E-state index in [-0.39, 0.29) is 5.91 Å². The van der Waals surface area contributed by atoms with Crippen LogP contribution in [0.1, 0.15) is 22.0 Å². The minimum absolute atomic E-state index is 0.234. The first-order valence-corrected chi connectivity index (χ1v) is 7.78. The van der Waals surface area contributed by atoms with E-state index >= 15 is 0 Å². The molecule has 0 radical (unpaired) electrons. The zero-order chi connectivity index (χ0) is 16.8. The molecule has 2 heterocycles. The number of hydrogen-bond donors (Lipinski definition) is 0. The average molecular weight is 326 g/mol. The Labute approximate surface area is 140 Å². The van der Waals surface area contributed by atoms with Gasteiger partial charge in [-0.3, -0.25) is 9.78 Å². The molecule has 0 aliphatic carbocycles. The fourth-order valence-electron chi connectivity index (χ4n) is 2.50. The van der Waals surface area contributed by atoms with Gasteiger partial charge in [0, 0.05) is 31.0 Å². The number of amides is 1. The van der Waals surface area contributed by atoms with E-state index in [1.165, 1.54) is 6.20 Å². The Bertz CT molecular complexity index is 685. The molecule has 1 aromatic carbocycles. The van der Waals surface area contributed by atoms with Crippen LogP contribution in [0.4, 0.5) is 0 Å². The predicted molar refractivity (Wildman–Crippen MR) is 86.2 cm³/mol. The normalized spacial score (nSPS) is 15.6. The molecular weight excluding hydrogens is 308 g/mol. The lowest BCUT2D eigenvalue weighted by Crippen LogP contribution is -2.44. The molecule has 24 heavy (non-hydrogen) atoms. The number of rotatable bonds is 4. The van der Waals surface area contributed by atoms with E-state index in [1.54, 1.807) is 35.4 Å². The number of pyridine rings is 1. The second kappa shape index (κ2) is 7.70. The summed E-state index contributed by atoms with van der Waals surface area (Å²) in [6.45, 7) is 1.97. The summed E-state index contributed by atoms with van der Waals surface area (Å²) in [6, 6.07) is 12.3. The molecule has 124 valence electrons. The van der Waals surface area contributed by atoms with Gasteiger partial charge in [-0.05, 0) is 12.1 Å². The van der Waals surface area contributed by atoms with Crippen LogP contribution in [0, 0.1) is 0 Å². The number of esters is 1. The molecule has 2 aromatic rings. The molecule has 1 aromatic heterocycles. The van der Waals surface area contributed by atoms with Crippen LogP contribution >= 0.6 is 0 Å². The Morgan fingerprint density at radius 2 is 1.83 bits per heavy atom. The van der Waals surface area contributed by atoms with Crippen molar-refractivity contribution in [3.63, 3.8) is 0 Å². The first kappa shape index (κ1) is 16.1. The van der Waals surface area contributed by atoms with Crippen LogP contribution in [0.25, 0.3) is 0 Å². The maximum atomic E-state index is 12.8. The lowest BCUT2D eigenvalue weighted by molar-refractivity contribution is -0.145. The highest BCUT2D eigenvalue weighted by Crippen LogP contribution is 2.22. The summed E-state index contributed by atoms with van der Waals surface area (Å²) in [7, 11) is 0. The number of morpholine rings is 1. The van der Waals surface area contributed by atoms with E-state index in [0.717, 1.165) is 0 Å². The van der Waals surface area contributed by atoms with E-state index in [9.17, 15) is 9.59 Å². The number of carbonyl (C=O) groups excluding carboxylic acids is 2. The molecule has 0 bridgehead atoms. The standard InChI is InChI=1S/C18H18N2O4/c21-17(20-9-11-23-12-10-20)16(14-5-2-1-3-6-14)24-18(22)15-7-4-8-19-13-15/h1-8,13,16H,9-12H2/t16-/m1/s1. The van der Waals surface area contributed by atoms with Crippen LogP contribution in [0.5, 0.6) is 0 Å². The molecule has 1 amide bonds. The second-order valence-electron chi connectivity index (χ2n) is 5.38. The van der Waals surface area contributed by atoms with Crippen molar-refractivity contribution in [3.8, 4) is 0 Å². The summed E-state index contributed by atoms with van der Waals surface area (Å²) in [5.74, 6) is -0.805. The number of benzene rings is 1. The third-order valence-electron chi connectivity index (χ3n) is 3.77. The third-order valence-corrected chi connectivity index (χ3v) is 3.77. The molecule has 1 atom stereocenters. The molecule has 0 spiro atoms. The molecule has 3 rings (SSSR count). The molecule has 0 N–H and O–H groups in total. The molecule has 0 saturated carbocycles. The highest BCUT2D eigenvalue weighted by molar-refractivity contribution is 5.92. The Morgan fingerprint density at radius 1 is 1.08 bits per heavy atom. The van der Waals surface area contributed by atoms with Gasteiger partial charge in [0.25, 0.3) is 5.91 Å². The van der Waals surface area contributed by atoms with Crippen molar-refractivity contribution in [2.75, 3.05) is 26.3 Å². The molecule has 6 heteroatoms. The summed E-state index contributed by atoms with van der Waals surface area (Å²) < 4.78 is 10.8. The smallest absolute Gasteiger partial charge is 0.340 e. The summed E-state index contributed by atoms with van der Waals surface area (Å²) in [5, 5.41) is 0. The van der Waals surface area contributed by atoms with Crippen molar-refractivity contribution in [3.05, 3.63) is 66.0 Å². The van der Waals surface area contributed by atoms with Crippen LogP contribution in [-0.4, -0.2) is 48.1 Å². The Hall–Kier alpha value is -2.73. The maximum Gasteiger partial charge on any atom is 0.340 e. The fourth-order valence-corrected chi connectivity index (χ4v) is 2.50. The topological polar surface area (TPSA) is 68.7 Å². The lowest BCUT2D eigenvalue weighted by atomic mass is 10.1. The van der Waals surface area contributed by atoms with Crippen LogP contribution < -0.4 is 0 Å². The van der Waals surface area contributed by atoms with E-state index < -0.39 is 12.1 Å². The molecule has 1 aliphatic rings. The van der Waals surface area contributed by atoms with Crippen LogP contribution in [0.3, 0.4) is 0 Å².